The molecular formula is C18H25NO2. The van der Waals surface area contributed by atoms with E-state index in [9.17, 15) is 9.90 Å². The fourth-order valence-corrected chi connectivity index (χ4v) is 3.89. The van der Waals surface area contributed by atoms with Gasteiger partial charge in [-0.3, -0.25) is 4.90 Å². The summed E-state index contributed by atoms with van der Waals surface area (Å²) in [5, 5.41) is 9.30. The van der Waals surface area contributed by atoms with E-state index in [4.69, 9.17) is 0 Å². The third kappa shape index (κ3) is 2.98. The SMILES string of the molecule is CC1(C)CCC(N2CCc3c(cccc3C(=O)O)C2)CC1. The summed E-state index contributed by atoms with van der Waals surface area (Å²) >= 11 is 0. The van der Waals surface area contributed by atoms with E-state index in [0.29, 0.717) is 17.0 Å². The monoisotopic (exact) mass is 287 g/mol. The number of hydrogen-bond donors (Lipinski definition) is 1. The molecule has 0 saturated heterocycles. The summed E-state index contributed by atoms with van der Waals surface area (Å²) in [4.78, 5) is 13.9. The Morgan fingerprint density at radius 1 is 1.29 bits per heavy atom. The second-order valence-corrected chi connectivity index (χ2v) is 7.36. The summed E-state index contributed by atoms with van der Waals surface area (Å²) in [5.74, 6) is -0.792. The van der Waals surface area contributed by atoms with Crippen LogP contribution in [-0.2, 0) is 13.0 Å². The quantitative estimate of drug-likeness (QED) is 0.901. The molecule has 21 heavy (non-hydrogen) atoms. The van der Waals surface area contributed by atoms with Crippen LogP contribution in [0, 0.1) is 5.41 Å². The Bertz CT molecular complexity index is 540. The molecule has 1 fully saturated rings. The maximum Gasteiger partial charge on any atom is 0.335 e. The smallest absolute Gasteiger partial charge is 0.335 e. The summed E-state index contributed by atoms with van der Waals surface area (Å²) in [6, 6.07) is 6.40. The Balaban J connectivity index is 1.74. The zero-order chi connectivity index (χ0) is 15.0. The minimum absolute atomic E-state index is 0.497. The van der Waals surface area contributed by atoms with E-state index < -0.39 is 5.97 Å². The molecule has 0 bridgehead atoms. The van der Waals surface area contributed by atoms with Gasteiger partial charge in [0, 0.05) is 19.1 Å². The van der Waals surface area contributed by atoms with Gasteiger partial charge in [0.1, 0.15) is 0 Å². The van der Waals surface area contributed by atoms with E-state index in [1.54, 1.807) is 6.07 Å². The molecule has 1 N–H and O–H groups in total. The van der Waals surface area contributed by atoms with Crippen LogP contribution < -0.4 is 0 Å². The Kier molecular flexibility index (Phi) is 3.78. The van der Waals surface area contributed by atoms with Crippen molar-refractivity contribution in [2.24, 2.45) is 5.41 Å². The number of nitrogens with zero attached hydrogens (tertiary/aromatic N) is 1. The van der Waals surface area contributed by atoms with Crippen LogP contribution in [0.1, 0.15) is 61.0 Å². The van der Waals surface area contributed by atoms with Gasteiger partial charge in [0.25, 0.3) is 0 Å². The molecule has 0 radical (unpaired) electrons. The molecule has 1 saturated carbocycles. The van der Waals surface area contributed by atoms with Crippen LogP contribution in [0.3, 0.4) is 0 Å². The summed E-state index contributed by atoms with van der Waals surface area (Å²) < 4.78 is 0. The highest BCUT2D eigenvalue weighted by molar-refractivity contribution is 5.89. The van der Waals surface area contributed by atoms with E-state index in [-0.39, 0.29) is 0 Å². The average Bonchev–Trinajstić information content (AvgIpc) is 2.46. The number of carboxylic acids is 1. The van der Waals surface area contributed by atoms with Crippen molar-refractivity contribution in [2.45, 2.75) is 58.5 Å². The molecule has 3 heteroatoms. The van der Waals surface area contributed by atoms with Crippen molar-refractivity contribution in [3.8, 4) is 0 Å². The van der Waals surface area contributed by atoms with Gasteiger partial charge in [0.05, 0.1) is 5.56 Å². The summed E-state index contributed by atoms with van der Waals surface area (Å²) in [5.41, 5.74) is 3.26. The fourth-order valence-electron chi connectivity index (χ4n) is 3.89. The first-order valence-electron chi connectivity index (χ1n) is 8.04. The number of carbonyl (C=O) groups is 1. The Morgan fingerprint density at radius 3 is 2.67 bits per heavy atom. The van der Waals surface area contributed by atoms with Gasteiger partial charge in [0.2, 0.25) is 0 Å². The lowest BCUT2D eigenvalue weighted by Crippen LogP contribution is -2.42. The molecule has 0 unspecified atom stereocenters. The first kappa shape index (κ1) is 14.6. The van der Waals surface area contributed by atoms with Gasteiger partial charge < -0.3 is 5.11 Å². The number of rotatable bonds is 2. The van der Waals surface area contributed by atoms with E-state index in [0.717, 1.165) is 25.1 Å². The molecule has 114 valence electrons. The first-order valence-corrected chi connectivity index (χ1v) is 8.04. The molecule has 1 heterocycles. The van der Waals surface area contributed by atoms with Crippen LogP contribution in [0.4, 0.5) is 0 Å². The molecule has 1 aliphatic heterocycles. The first-order chi connectivity index (χ1) is 9.96. The molecular weight excluding hydrogens is 262 g/mol. The van der Waals surface area contributed by atoms with Crippen molar-refractivity contribution < 1.29 is 9.90 Å². The van der Waals surface area contributed by atoms with Gasteiger partial charge in [0.15, 0.2) is 0 Å². The summed E-state index contributed by atoms with van der Waals surface area (Å²) in [7, 11) is 0. The molecule has 0 amide bonds. The van der Waals surface area contributed by atoms with Gasteiger partial charge in [-0.05, 0) is 54.7 Å². The Hall–Kier alpha value is -1.35. The maximum atomic E-state index is 11.3. The van der Waals surface area contributed by atoms with Crippen LogP contribution in [0.25, 0.3) is 0 Å². The molecule has 3 nitrogen and oxygen atoms in total. The molecule has 0 spiro atoms. The van der Waals surface area contributed by atoms with Crippen molar-refractivity contribution in [1.29, 1.82) is 0 Å². The van der Waals surface area contributed by atoms with E-state index in [1.165, 1.54) is 31.2 Å². The highest BCUT2D eigenvalue weighted by atomic mass is 16.4. The Morgan fingerprint density at radius 2 is 2.00 bits per heavy atom. The number of hydrogen-bond acceptors (Lipinski definition) is 2. The Labute approximate surface area is 127 Å². The topological polar surface area (TPSA) is 40.5 Å². The molecule has 1 aliphatic carbocycles. The number of aromatic carboxylic acids is 1. The van der Waals surface area contributed by atoms with E-state index >= 15 is 0 Å². The third-order valence-corrected chi connectivity index (χ3v) is 5.35. The highest BCUT2D eigenvalue weighted by Gasteiger charge is 2.32. The number of fused-ring (bicyclic) bond motifs is 1. The number of benzene rings is 1. The van der Waals surface area contributed by atoms with Crippen molar-refractivity contribution in [2.75, 3.05) is 6.54 Å². The van der Waals surface area contributed by atoms with Crippen LogP contribution in [0.15, 0.2) is 18.2 Å². The van der Waals surface area contributed by atoms with Crippen molar-refractivity contribution in [3.05, 3.63) is 34.9 Å². The van der Waals surface area contributed by atoms with Gasteiger partial charge in [-0.1, -0.05) is 26.0 Å². The lowest BCUT2D eigenvalue weighted by atomic mass is 9.75. The zero-order valence-electron chi connectivity index (χ0n) is 13.1. The van der Waals surface area contributed by atoms with Gasteiger partial charge >= 0.3 is 5.97 Å². The van der Waals surface area contributed by atoms with Crippen molar-refractivity contribution in [1.82, 2.24) is 4.90 Å². The lowest BCUT2D eigenvalue weighted by Gasteiger charge is -2.42. The molecule has 2 aliphatic rings. The second-order valence-electron chi connectivity index (χ2n) is 7.36. The largest absolute Gasteiger partial charge is 0.478 e. The summed E-state index contributed by atoms with van der Waals surface area (Å²) in [6.45, 7) is 6.66. The van der Waals surface area contributed by atoms with Crippen LogP contribution in [0.5, 0.6) is 0 Å². The van der Waals surface area contributed by atoms with Gasteiger partial charge in [-0.15, -0.1) is 0 Å². The van der Waals surface area contributed by atoms with E-state index in [1.807, 2.05) is 6.07 Å². The molecule has 3 rings (SSSR count). The summed E-state index contributed by atoms with van der Waals surface area (Å²) in [6.07, 6.45) is 6.03. The predicted molar refractivity (Wildman–Crippen MR) is 83.6 cm³/mol. The molecule has 0 aromatic heterocycles. The molecule has 0 atom stereocenters. The molecule has 1 aromatic carbocycles. The van der Waals surface area contributed by atoms with Crippen molar-refractivity contribution >= 4 is 5.97 Å². The maximum absolute atomic E-state index is 11.3. The molecule has 1 aromatic rings. The van der Waals surface area contributed by atoms with Crippen LogP contribution in [0.2, 0.25) is 0 Å². The van der Waals surface area contributed by atoms with Crippen LogP contribution in [-0.4, -0.2) is 28.6 Å². The normalized spacial score (nSPS) is 22.8. The average molecular weight is 287 g/mol. The minimum Gasteiger partial charge on any atom is -0.478 e. The van der Waals surface area contributed by atoms with E-state index in [2.05, 4.69) is 24.8 Å². The standard InChI is InChI=1S/C18H25NO2/c1-18(2)9-6-14(7-10-18)19-11-8-15-13(12-19)4-3-5-16(15)17(20)21/h3-5,14H,6-12H2,1-2H3,(H,20,21). The predicted octanol–water partition coefficient (Wildman–Crippen LogP) is 3.71. The third-order valence-electron chi connectivity index (χ3n) is 5.35. The van der Waals surface area contributed by atoms with Crippen molar-refractivity contribution in [3.63, 3.8) is 0 Å². The minimum atomic E-state index is -0.792. The van der Waals surface area contributed by atoms with Gasteiger partial charge in [-0.2, -0.15) is 0 Å². The fraction of sp³-hybridized carbons (Fsp3) is 0.611. The highest BCUT2D eigenvalue weighted by Crippen LogP contribution is 2.38. The zero-order valence-corrected chi connectivity index (χ0v) is 13.1. The lowest BCUT2D eigenvalue weighted by molar-refractivity contribution is 0.0691. The van der Waals surface area contributed by atoms with Crippen LogP contribution >= 0.6 is 0 Å². The number of carboxylic acid groups (broad SMARTS) is 1. The second kappa shape index (κ2) is 5.45. The van der Waals surface area contributed by atoms with Gasteiger partial charge in [-0.25, -0.2) is 4.79 Å².